The Balaban J connectivity index is 2.31. The summed E-state index contributed by atoms with van der Waals surface area (Å²) in [4.78, 5) is 12.1. The molecule has 0 bridgehead atoms. The van der Waals surface area contributed by atoms with Crippen molar-refractivity contribution in [3.05, 3.63) is 39.9 Å². The molecule has 1 heterocycles. The molecule has 0 saturated carbocycles. The molecule has 1 aromatic carbocycles. The van der Waals surface area contributed by atoms with Crippen LogP contribution in [0.25, 0.3) is 0 Å². The van der Waals surface area contributed by atoms with Crippen molar-refractivity contribution in [3.8, 4) is 0 Å². The van der Waals surface area contributed by atoms with Crippen LogP contribution in [0.1, 0.15) is 16.2 Å². The SMILES string of the molecule is Cc1nn(C)c(C(=O)Nc2ccc(F)cc2Br)c1N. The van der Waals surface area contributed by atoms with Crippen LogP contribution >= 0.6 is 15.9 Å². The van der Waals surface area contributed by atoms with E-state index in [1.165, 1.54) is 22.9 Å². The Morgan fingerprint density at radius 1 is 1.53 bits per heavy atom. The van der Waals surface area contributed by atoms with E-state index in [4.69, 9.17) is 5.73 Å². The van der Waals surface area contributed by atoms with E-state index in [9.17, 15) is 9.18 Å². The van der Waals surface area contributed by atoms with Crippen LogP contribution < -0.4 is 11.1 Å². The average Bonchev–Trinajstić information content (AvgIpc) is 2.57. The number of hydrogen-bond donors (Lipinski definition) is 2. The highest BCUT2D eigenvalue weighted by Gasteiger charge is 2.18. The number of halogens is 2. The number of nitrogen functional groups attached to an aromatic ring is 1. The number of hydrogen-bond acceptors (Lipinski definition) is 3. The molecule has 0 spiro atoms. The van der Waals surface area contributed by atoms with Gasteiger partial charge >= 0.3 is 0 Å². The van der Waals surface area contributed by atoms with Gasteiger partial charge < -0.3 is 11.1 Å². The number of rotatable bonds is 2. The molecular formula is C12H12BrFN4O. The summed E-state index contributed by atoms with van der Waals surface area (Å²) in [5, 5.41) is 6.72. The normalized spacial score (nSPS) is 10.5. The lowest BCUT2D eigenvalue weighted by atomic mass is 10.2. The molecular weight excluding hydrogens is 315 g/mol. The Kier molecular flexibility index (Phi) is 3.57. The van der Waals surface area contributed by atoms with Gasteiger partial charge in [-0.1, -0.05) is 0 Å². The first kappa shape index (κ1) is 13.5. The number of nitrogens with two attached hydrogens (primary N) is 1. The van der Waals surface area contributed by atoms with E-state index in [-0.39, 0.29) is 11.5 Å². The summed E-state index contributed by atoms with van der Waals surface area (Å²) in [6.45, 7) is 1.72. The van der Waals surface area contributed by atoms with Gasteiger partial charge in [0.15, 0.2) is 0 Å². The first-order valence-electron chi connectivity index (χ1n) is 5.45. The summed E-state index contributed by atoms with van der Waals surface area (Å²) in [5.74, 6) is -0.784. The summed E-state index contributed by atoms with van der Waals surface area (Å²) < 4.78 is 14.8. The molecule has 0 aliphatic carbocycles. The molecule has 7 heteroatoms. The van der Waals surface area contributed by atoms with Gasteiger partial charge in [0.25, 0.3) is 5.91 Å². The third kappa shape index (κ3) is 2.60. The lowest BCUT2D eigenvalue weighted by Crippen LogP contribution is -2.18. The summed E-state index contributed by atoms with van der Waals surface area (Å²) in [6, 6.07) is 4.00. The van der Waals surface area contributed by atoms with Gasteiger partial charge in [-0.2, -0.15) is 5.10 Å². The molecule has 2 aromatic rings. The van der Waals surface area contributed by atoms with E-state index in [0.29, 0.717) is 21.5 Å². The zero-order chi connectivity index (χ0) is 14.2. The van der Waals surface area contributed by atoms with Crippen molar-refractivity contribution in [1.29, 1.82) is 0 Å². The topological polar surface area (TPSA) is 72.9 Å². The van der Waals surface area contributed by atoms with Crippen LogP contribution in [0, 0.1) is 12.7 Å². The predicted octanol–water partition coefficient (Wildman–Crippen LogP) is 2.46. The van der Waals surface area contributed by atoms with E-state index >= 15 is 0 Å². The average molecular weight is 327 g/mol. The standard InChI is InChI=1S/C12H12BrFN4O/c1-6-10(15)11(18(2)17-6)12(19)16-9-4-3-7(14)5-8(9)13/h3-5H,15H2,1-2H3,(H,16,19). The minimum Gasteiger partial charge on any atom is -0.395 e. The molecule has 1 aromatic heterocycles. The van der Waals surface area contributed by atoms with Crippen molar-refractivity contribution in [2.45, 2.75) is 6.92 Å². The molecule has 0 unspecified atom stereocenters. The van der Waals surface area contributed by atoms with Crippen LogP contribution in [0.3, 0.4) is 0 Å². The molecule has 3 N–H and O–H groups in total. The number of aryl methyl sites for hydroxylation is 2. The molecule has 0 fully saturated rings. The number of anilines is 2. The highest BCUT2D eigenvalue weighted by Crippen LogP contribution is 2.24. The molecule has 2 rings (SSSR count). The minimum atomic E-state index is -0.395. The number of carbonyl (C=O) groups excluding carboxylic acids is 1. The van der Waals surface area contributed by atoms with Crippen molar-refractivity contribution in [3.63, 3.8) is 0 Å². The number of aromatic nitrogens is 2. The number of nitrogens with zero attached hydrogens (tertiary/aromatic N) is 2. The Morgan fingerprint density at radius 3 is 2.74 bits per heavy atom. The minimum absolute atomic E-state index is 0.272. The molecule has 0 aliphatic rings. The van der Waals surface area contributed by atoms with Crippen molar-refractivity contribution in [2.24, 2.45) is 7.05 Å². The Hall–Kier alpha value is -1.89. The number of nitrogens with one attached hydrogen (secondary N) is 1. The fraction of sp³-hybridized carbons (Fsp3) is 0.167. The third-order valence-electron chi connectivity index (χ3n) is 2.66. The molecule has 19 heavy (non-hydrogen) atoms. The fourth-order valence-corrected chi connectivity index (χ4v) is 2.17. The van der Waals surface area contributed by atoms with Gasteiger partial charge in [-0.3, -0.25) is 9.48 Å². The number of amides is 1. The van der Waals surface area contributed by atoms with Crippen LogP contribution in [-0.2, 0) is 7.05 Å². The largest absolute Gasteiger partial charge is 0.395 e. The van der Waals surface area contributed by atoms with Gasteiger partial charge in [0.2, 0.25) is 0 Å². The van der Waals surface area contributed by atoms with E-state index in [1.54, 1.807) is 14.0 Å². The van der Waals surface area contributed by atoms with Crippen molar-refractivity contribution < 1.29 is 9.18 Å². The third-order valence-corrected chi connectivity index (χ3v) is 3.32. The van der Waals surface area contributed by atoms with E-state index in [2.05, 4.69) is 26.3 Å². The zero-order valence-corrected chi connectivity index (χ0v) is 12.0. The number of benzene rings is 1. The highest BCUT2D eigenvalue weighted by molar-refractivity contribution is 9.10. The van der Waals surface area contributed by atoms with Crippen molar-refractivity contribution in [2.75, 3.05) is 11.1 Å². The second-order valence-electron chi connectivity index (χ2n) is 4.05. The van der Waals surface area contributed by atoms with Gasteiger partial charge in [-0.15, -0.1) is 0 Å². The lowest BCUT2D eigenvalue weighted by molar-refractivity contribution is 0.101. The van der Waals surface area contributed by atoms with Gasteiger partial charge in [-0.25, -0.2) is 4.39 Å². The second kappa shape index (κ2) is 5.00. The maximum Gasteiger partial charge on any atom is 0.276 e. The van der Waals surface area contributed by atoms with Crippen LogP contribution in [0.2, 0.25) is 0 Å². The molecule has 0 atom stereocenters. The molecule has 0 saturated heterocycles. The zero-order valence-electron chi connectivity index (χ0n) is 10.4. The Bertz CT molecular complexity index is 653. The maximum atomic E-state index is 13.0. The van der Waals surface area contributed by atoms with Crippen LogP contribution in [0.5, 0.6) is 0 Å². The quantitative estimate of drug-likeness (QED) is 0.890. The Morgan fingerprint density at radius 2 is 2.21 bits per heavy atom. The molecule has 0 radical (unpaired) electrons. The molecule has 5 nitrogen and oxygen atoms in total. The number of carbonyl (C=O) groups is 1. The van der Waals surface area contributed by atoms with Gasteiger partial charge in [0.05, 0.1) is 17.1 Å². The maximum absolute atomic E-state index is 13.0. The van der Waals surface area contributed by atoms with Gasteiger partial charge in [0, 0.05) is 11.5 Å². The van der Waals surface area contributed by atoms with E-state index in [0.717, 1.165) is 0 Å². The molecule has 1 amide bonds. The first-order valence-corrected chi connectivity index (χ1v) is 6.25. The van der Waals surface area contributed by atoms with E-state index < -0.39 is 5.91 Å². The van der Waals surface area contributed by atoms with Crippen LogP contribution in [-0.4, -0.2) is 15.7 Å². The first-order chi connectivity index (χ1) is 8.90. The Labute approximate surface area is 117 Å². The summed E-state index contributed by atoms with van der Waals surface area (Å²) in [7, 11) is 1.64. The van der Waals surface area contributed by atoms with Gasteiger partial charge in [0.1, 0.15) is 11.5 Å². The molecule has 0 aliphatic heterocycles. The highest BCUT2D eigenvalue weighted by atomic mass is 79.9. The van der Waals surface area contributed by atoms with Crippen LogP contribution in [0.15, 0.2) is 22.7 Å². The summed E-state index contributed by atoms with van der Waals surface area (Å²) in [6.07, 6.45) is 0. The summed E-state index contributed by atoms with van der Waals surface area (Å²) >= 11 is 3.18. The smallest absolute Gasteiger partial charge is 0.276 e. The monoisotopic (exact) mass is 326 g/mol. The molecule has 100 valence electrons. The van der Waals surface area contributed by atoms with Crippen molar-refractivity contribution >= 4 is 33.2 Å². The van der Waals surface area contributed by atoms with Crippen LogP contribution in [0.4, 0.5) is 15.8 Å². The van der Waals surface area contributed by atoms with Gasteiger partial charge in [-0.05, 0) is 41.1 Å². The van der Waals surface area contributed by atoms with E-state index in [1.807, 2.05) is 0 Å². The summed E-state index contributed by atoms with van der Waals surface area (Å²) in [5.41, 5.74) is 7.46. The second-order valence-corrected chi connectivity index (χ2v) is 4.90. The predicted molar refractivity (Wildman–Crippen MR) is 74.4 cm³/mol. The lowest BCUT2D eigenvalue weighted by Gasteiger charge is -2.08. The fourth-order valence-electron chi connectivity index (χ4n) is 1.72. The van der Waals surface area contributed by atoms with Crippen molar-refractivity contribution in [1.82, 2.24) is 9.78 Å².